The molecule has 1 aliphatic rings. The van der Waals surface area contributed by atoms with Crippen molar-refractivity contribution in [1.82, 2.24) is 19.9 Å². The molecule has 1 fully saturated rings. The van der Waals surface area contributed by atoms with E-state index in [1.54, 1.807) is 0 Å². The van der Waals surface area contributed by atoms with Gasteiger partial charge in [-0.2, -0.15) is 0 Å². The summed E-state index contributed by atoms with van der Waals surface area (Å²) in [4.78, 5) is 20.5. The van der Waals surface area contributed by atoms with Crippen LogP contribution in [0.2, 0.25) is 0 Å². The fraction of sp³-hybridized carbons (Fsp3) is 0.263. The van der Waals surface area contributed by atoms with Gasteiger partial charge in [-0.15, -0.1) is 0 Å². The zero-order chi connectivity index (χ0) is 16.2. The summed E-state index contributed by atoms with van der Waals surface area (Å²) in [5.41, 5.74) is 1.03. The fourth-order valence-electron chi connectivity index (χ4n) is 3.19. The zero-order valence-electron chi connectivity index (χ0n) is 13.4. The summed E-state index contributed by atoms with van der Waals surface area (Å²) >= 11 is 0. The molecule has 1 atom stereocenters. The molecule has 0 bridgehead atoms. The van der Waals surface area contributed by atoms with Crippen LogP contribution in [0.15, 0.2) is 61.1 Å². The maximum Gasteiger partial charge on any atom is 0.161 e. The monoisotopic (exact) mass is 317 g/mol. The summed E-state index contributed by atoms with van der Waals surface area (Å²) in [5, 5.41) is 0. The first-order chi connectivity index (χ1) is 11.9. The third-order valence-corrected chi connectivity index (χ3v) is 4.35. The van der Waals surface area contributed by atoms with Crippen molar-refractivity contribution in [2.24, 2.45) is 0 Å². The molecule has 0 radical (unpaired) electrons. The Kier molecular flexibility index (Phi) is 4.14. The quantitative estimate of drug-likeness (QED) is 0.738. The van der Waals surface area contributed by atoms with E-state index >= 15 is 0 Å². The minimum atomic E-state index is 0.179. The lowest BCUT2D eigenvalue weighted by Crippen LogP contribution is -2.35. The van der Waals surface area contributed by atoms with Crippen molar-refractivity contribution in [2.45, 2.75) is 25.3 Å². The van der Waals surface area contributed by atoms with Gasteiger partial charge in [0.15, 0.2) is 11.6 Å². The van der Waals surface area contributed by atoms with Crippen molar-refractivity contribution in [3.05, 3.63) is 66.9 Å². The SMILES string of the molecule is c1ccc(-c2nccc(N3CCCCC3c3ncccn3)n2)cc1. The molecule has 0 N–H and O–H groups in total. The first-order valence-electron chi connectivity index (χ1n) is 8.34. The van der Waals surface area contributed by atoms with E-state index in [4.69, 9.17) is 4.98 Å². The number of hydrogen-bond donors (Lipinski definition) is 0. The fourth-order valence-corrected chi connectivity index (χ4v) is 3.19. The van der Waals surface area contributed by atoms with Gasteiger partial charge in [-0.3, -0.25) is 0 Å². The van der Waals surface area contributed by atoms with Gasteiger partial charge in [0, 0.05) is 30.7 Å². The molecule has 1 unspecified atom stereocenters. The topological polar surface area (TPSA) is 54.8 Å². The van der Waals surface area contributed by atoms with Crippen molar-refractivity contribution in [2.75, 3.05) is 11.4 Å². The Labute approximate surface area is 141 Å². The summed E-state index contributed by atoms with van der Waals surface area (Å²) in [7, 11) is 0. The highest BCUT2D eigenvalue weighted by molar-refractivity contribution is 5.57. The van der Waals surface area contributed by atoms with E-state index in [0.717, 1.165) is 42.4 Å². The number of aromatic nitrogens is 4. The van der Waals surface area contributed by atoms with E-state index in [1.165, 1.54) is 6.42 Å². The molecule has 120 valence electrons. The first-order valence-corrected chi connectivity index (χ1v) is 8.34. The van der Waals surface area contributed by atoms with Crippen LogP contribution in [-0.2, 0) is 0 Å². The molecule has 1 aliphatic heterocycles. The third-order valence-electron chi connectivity index (χ3n) is 4.35. The Hall–Kier alpha value is -2.82. The summed E-state index contributed by atoms with van der Waals surface area (Å²) in [6, 6.07) is 14.1. The number of piperidine rings is 1. The largest absolute Gasteiger partial charge is 0.346 e. The van der Waals surface area contributed by atoms with E-state index in [9.17, 15) is 0 Å². The van der Waals surface area contributed by atoms with Gasteiger partial charge in [-0.05, 0) is 31.4 Å². The number of nitrogens with zero attached hydrogens (tertiary/aromatic N) is 5. The standard InChI is InChI=1S/C19H19N5/c1-2-7-15(8-3-1)18-22-13-10-17(23-18)24-14-5-4-9-16(24)19-20-11-6-12-21-19/h1-3,6-8,10-13,16H,4-5,9,14H2. The van der Waals surface area contributed by atoms with E-state index in [-0.39, 0.29) is 6.04 Å². The second-order valence-electron chi connectivity index (χ2n) is 5.92. The maximum atomic E-state index is 4.80. The summed E-state index contributed by atoms with van der Waals surface area (Å²) in [6.45, 7) is 0.966. The maximum absolute atomic E-state index is 4.80. The van der Waals surface area contributed by atoms with Gasteiger partial charge in [0.25, 0.3) is 0 Å². The Morgan fingerprint density at radius 1 is 0.833 bits per heavy atom. The smallest absolute Gasteiger partial charge is 0.161 e. The molecular formula is C19H19N5. The molecule has 2 aromatic heterocycles. The van der Waals surface area contributed by atoms with Crippen molar-refractivity contribution in [1.29, 1.82) is 0 Å². The second kappa shape index (κ2) is 6.74. The highest BCUT2D eigenvalue weighted by atomic mass is 15.2. The van der Waals surface area contributed by atoms with Crippen LogP contribution < -0.4 is 4.90 Å². The normalized spacial score (nSPS) is 17.7. The Balaban J connectivity index is 1.69. The molecule has 0 aliphatic carbocycles. The van der Waals surface area contributed by atoms with Crippen molar-refractivity contribution >= 4 is 5.82 Å². The molecule has 1 saturated heterocycles. The number of anilines is 1. The van der Waals surface area contributed by atoms with E-state index in [2.05, 4.69) is 19.9 Å². The van der Waals surface area contributed by atoms with Crippen LogP contribution >= 0.6 is 0 Å². The zero-order valence-corrected chi connectivity index (χ0v) is 13.4. The predicted molar refractivity (Wildman–Crippen MR) is 93.4 cm³/mol. The van der Waals surface area contributed by atoms with Gasteiger partial charge < -0.3 is 4.90 Å². The predicted octanol–water partition coefficient (Wildman–Crippen LogP) is 3.67. The molecule has 3 aromatic rings. The van der Waals surface area contributed by atoms with Crippen LogP contribution in [0.5, 0.6) is 0 Å². The lowest BCUT2D eigenvalue weighted by Gasteiger charge is -2.35. The molecule has 3 heterocycles. The minimum absolute atomic E-state index is 0.179. The molecular weight excluding hydrogens is 298 g/mol. The number of hydrogen-bond acceptors (Lipinski definition) is 5. The molecule has 0 amide bonds. The lowest BCUT2D eigenvalue weighted by molar-refractivity contribution is 0.453. The lowest BCUT2D eigenvalue weighted by atomic mass is 10.0. The molecule has 4 rings (SSSR count). The van der Waals surface area contributed by atoms with Crippen LogP contribution in [0.3, 0.4) is 0 Å². The molecule has 5 nitrogen and oxygen atoms in total. The molecule has 0 spiro atoms. The van der Waals surface area contributed by atoms with Gasteiger partial charge in [0.05, 0.1) is 6.04 Å². The second-order valence-corrected chi connectivity index (χ2v) is 5.92. The van der Waals surface area contributed by atoms with Gasteiger partial charge in [-0.1, -0.05) is 30.3 Å². The van der Waals surface area contributed by atoms with Gasteiger partial charge in [0.2, 0.25) is 0 Å². The van der Waals surface area contributed by atoms with Gasteiger partial charge in [0.1, 0.15) is 5.82 Å². The average molecular weight is 317 g/mol. The van der Waals surface area contributed by atoms with Gasteiger partial charge in [-0.25, -0.2) is 19.9 Å². The molecule has 24 heavy (non-hydrogen) atoms. The van der Waals surface area contributed by atoms with Crippen LogP contribution in [0.1, 0.15) is 31.1 Å². The number of rotatable bonds is 3. The van der Waals surface area contributed by atoms with Crippen LogP contribution in [0.25, 0.3) is 11.4 Å². The van der Waals surface area contributed by atoms with Crippen molar-refractivity contribution in [3.8, 4) is 11.4 Å². The highest BCUT2D eigenvalue weighted by Gasteiger charge is 2.27. The van der Waals surface area contributed by atoms with Crippen molar-refractivity contribution < 1.29 is 0 Å². The molecule has 0 saturated carbocycles. The van der Waals surface area contributed by atoms with E-state index < -0.39 is 0 Å². The van der Waals surface area contributed by atoms with Crippen molar-refractivity contribution in [3.63, 3.8) is 0 Å². The summed E-state index contributed by atoms with van der Waals surface area (Å²) < 4.78 is 0. The molecule has 5 heteroatoms. The minimum Gasteiger partial charge on any atom is -0.346 e. The van der Waals surface area contributed by atoms with Gasteiger partial charge >= 0.3 is 0 Å². The van der Waals surface area contributed by atoms with Crippen LogP contribution in [0, 0.1) is 0 Å². The third kappa shape index (κ3) is 2.97. The Morgan fingerprint density at radius 3 is 2.50 bits per heavy atom. The summed E-state index contributed by atoms with van der Waals surface area (Å²) in [6.07, 6.45) is 8.86. The average Bonchev–Trinajstić information content (AvgIpc) is 2.69. The van der Waals surface area contributed by atoms with E-state index in [0.29, 0.717) is 0 Å². The van der Waals surface area contributed by atoms with E-state index in [1.807, 2.05) is 61.1 Å². The Morgan fingerprint density at radius 2 is 1.67 bits per heavy atom. The highest BCUT2D eigenvalue weighted by Crippen LogP contribution is 2.32. The number of benzene rings is 1. The first kappa shape index (κ1) is 14.8. The molecule has 1 aromatic carbocycles. The Bertz CT molecular complexity index is 791. The van der Waals surface area contributed by atoms with Crippen LogP contribution in [-0.4, -0.2) is 26.5 Å². The van der Waals surface area contributed by atoms with Crippen LogP contribution in [0.4, 0.5) is 5.82 Å². The summed E-state index contributed by atoms with van der Waals surface area (Å²) in [5.74, 6) is 2.57.